The largest absolute Gasteiger partial charge is 0.650 e. The molecule has 60 valence electrons. The minimum absolute atomic E-state index is 0.688. The highest BCUT2D eigenvalue weighted by Crippen LogP contribution is 2.16. The fraction of sp³-hybridized carbons (Fsp3) is 1.00. The van der Waals surface area contributed by atoms with Gasteiger partial charge in [0, 0.05) is 0 Å². The quantitative estimate of drug-likeness (QED) is 0.389. The molecular formula is C2H2BrF3NO2S+. The maximum absolute atomic E-state index is 11.5. The Morgan fingerprint density at radius 3 is 1.80 bits per heavy atom. The molecule has 0 radical (unpaired) electrons. The minimum Gasteiger partial charge on any atom is -0.122 e. The Bertz CT molecular complexity index is 234. The van der Waals surface area contributed by atoms with E-state index in [4.69, 9.17) is 0 Å². The highest BCUT2D eigenvalue weighted by Gasteiger charge is 2.45. The van der Waals surface area contributed by atoms with Crippen molar-refractivity contribution in [2.45, 2.75) is 6.30 Å². The monoisotopic (exact) mass is 240 g/mol. The van der Waals surface area contributed by atoms with Gasteiger partial charge >= 0.3 is 16.8 Å². The van der Waals surface area contributed by atoms with Crippen molar-refractivity contribution in [3.05, 3.63) is 0 Å². The smallest absolute Gasteiger partial charge is 0.122 e. The lowest BCUT2D eigenvalue weighted by atomic mass is 11.1. The van der Waals surface area contributed by atoms with Gasteiger partial charge in [-0.05, 0) is 19.9 Å². The van der Waals surface area contributed by atoms with Crippen LogP contribution in [0, 0.1) is 0 Å². The van der Waals surface area contributed by atoms with E-state index in [0.717, 1.165) is 0 Å². The summed E-state index contributed by atoms with van der Waals surface area (Å²) in [5.41, 5.74) is -0.785. The molecule has 0 saturated heterocycles. The topological polar surface area (TPSA) is 37.1 Å². The second-order valence-corrected chi connectivity index (χ2v) is 2.56. The van der Waals surface area contributed by atoms with Crippen LogP contribution in [0.15, 0.2) is 0 Å². The Balaban J connectivity index is 4.93. The second kappa shape index (κ2) is 3.33. The lowest BCUT2D eigenvalue weighted by molar-refractivity contribution is -0.681. The molecule has 0 aromatic rings. The Morgan fingerprint density at radius 1 is 1.40 bits per heavy atom. The number of hydrogen-bond acceptors (Lipinski definition) is 2. The highest BCUT2D eigenvalue weighted by molar-refractivity contribution is 9.09. The molecule has 0 aliphatic heterocycles. The summed E-state index contributed by atoms with van der Waals surface area (Å²) in [4.78, 5) is 0. The lowest BCUT2D eigenvalue weighted by Gasteiger charge is -1.94. The van der Waals surface area contributed by atoms with Gasteiger partial charge in [-0.25, -0.2) is 0 Å². The summed E-state index contributed by atoms with van der Waals surface area (Å²) in [6.07, 6.45) is -4.84. The lowest BCUT2D eigenvalue weighted by Crippen LogP contribution is -2.26. The van der Waals surface area contributed by atoms with Gasteiger partial charge < -0.3 is 0 Å². The van der Waals surface area contributed by atoms with Gasteiger partial charge in [-0.3, -0.25) is 0 Å². The zero-order valence-corrected chi connectivity index (χ0v) is 6.79. The number of halogens is 4. The predicted octanol–water partition coefficient (Wildman–Crippen LogP) is 0.934. The second-order valence-electron chi connectivity index (χ2n) is 1.18. The first-order valence-corrected chi connectivity index (χ1v) is 4.04. The first-order chi connectivity index (χ1) is 4.39. The third kappa shape index (κ3) is 2.65. The van der Waals surface area contributed by atoms with Crippen molar-refractivity contribution in [3.63, 3.8) is 0 Å². The predicted molar refractivity (Wildman–Crippen MR) is 29.0 cm³/mol. The van der Waals surface area contributed by atoms with E-state index in [-0.39, 0.29) is 0 Å². The SMILES string of the molecule is O=S(=O)=[N+](CBr)C(F)(F)F. The zero-order valence-electron chi connectivity index (χ0n) is 4.39. The van der Waals surface area contributed by atoms with E-state index in [9.17, 15) is 21.6 Å². The summed E-state index contributed by atoms with van der Waals surface area (Å²) in [7, 11) is -3.26. The summed E-state index contributed by atoms with van der Waals surface area (Å²) in [5.74, 6) is 0. The molecule has 3 nitrogen and oxygen atoms in total. The van der Waals surface area contributed by atoms with Crippen LogP contribution in [0.3, 0.4) is 0 Å². The Kier molecular flexibility index (Phi) is 3.29. The van der Waals surface area contributed by atoms with Gasteiger partial charge in [0.1, 0.15) is 0 Å². The summed E-state index contributed by atoms with van der Waals surface area (Å²) >= 11 is 2.37. The van der Waals surface area contributed by atoms with Crippen LogP contribution in [0.25, 0.3) is 0 Å². The maximum atomic E-state index is 11.5. The van der Waals surface area contributed by atoms with E-state index in [1.165, 1.54) is 0 Å². The fourth-order valence-electron chi connectivity index (χ4n) is 0.192. The van der Waals surface area contributed by atoms with E-state index in [2.05, 4.69) is 15.9 Å². The van der Waals surface area contributed by atoms with Crippen LogP contribution in [0.2, 0.25) is 0 Å². The first kappa shape index (κ1) is 9.89. The fourth-order valence-corrected chi connectivity index (χ4v) is 1.23. The third-order valence-electron chi connectivity index (χ3n) is 0.571. The molecular weight excluding hydrogens is 239 g/mol. The Hall–Kier alpha value is -0.110. The summed E-state index contributed by atoms with van der Waals surface area (Å²) in [6, 6.07) is 0. The van der Waals surface area contributed by atoms with Crippen molar-refractivity contribution in [2.24, 2.45) is 0 Å². The highest BCUT2D eigenvalue weighted by atomic mass is 79.9. The van der Waals surface area contributed by atoms with Crippen molar-refractivity contribution in [2.75, 3.05) is 5.45 Å². The van der Waals surface area contributed by atoms with E-state index >= 15 is 0 Å². The molecule has 0 aromatic carbocycles. The molecule has 0 unspecified atom stereocenters. The summed E-state index contributed by atoms with van der Waals surface area (Å²) in [6.45, 7) is 0. The van der Waals surface area contributed by atoms with Crippen molar-refractivity contribution in [1.82, 2.24) is 0 Å². The van der Waals surface area contributed by atoms with Crippen LogP contribution in [-0.2, 0) is 10.5 Å². The van der Waals surface area contributed by atoms with E-state index in [1.807, 2.05) is 0 Å². The number of nitrogens with zero attached hydrogens (tertiary/aromatic N) is 1. The van der Waals surface area contributed by atoms with Gasteiger partial charge in [0.25, 0.3) is 0 Å². The number of rotatable bonds is 1. The van der Waals surface area contributed by atoms with E-state index in [1.54, 1.807) is 0 Å². The molecule has 0 heterocycles. The van der Waals surface area contributed by atoms with E-state index < -0.39 is 26.2 Å². The van der Waals surface area contributed by atoms with E-state index in [0.29, 0.717) is 0 Å². The Labute approximate surface area is 64.3 Å². The molecule has 0 aliphatic rings. The molecule has 0 spiro atoms. The average molecular weight is 241 g/mol. The zero-order chi connectivity index (χ0) is 8.36. The van der Waals surface area contributed by atoms with Crippen LogP contribution in [0.1, 0.15) is 0 Å². The number of alkyl halides is 4. The van der Waals surface area contributed by atoms with Crippen molar-refractivity contribution >= 4 is 26.4 Å². The number of hydrogen-bond donors (Lipinski definition) is 0. The van der Waals surface area contributed by atoms with Gasteiger partial charge in [0.05, 0.1) is 0 Å². The van der Waals surface area contributed by atoms with Crippen LogP contribution in [-0.4, -0.2) is 24.1 Å². The molecule has 0 amide bonds. The maximum Gasteiger partial charge on any atom is 0.650 e. The van der Waals surface area contributed by atoms with Crippen molar-refractivity contribution in [3.8, 4) is 0 Å². The molecule has 0 atom stereocenters. The average Bonchev–Trinajstić information content (AvgIpc) is 1.60. The van der Waals surface area contributed by atoms with Gasteiger partial charge in [-0.1, -0.05) is 0 Å². The molecule has 0 rings (SSSR count). The molecule has 0 bridgehead atoms. The van der Waals surface area contributed by atoms with Gasteiger partial charge in [-0.2, -0.15) is 0 Å². The molecule has 0 fully saturated rings. The van der Waals surface area contributed by atoms with Crippen LogP contribution < -0.4 is 0 Å². The summed E-state index contributed by atoms with van der Waals surface area (Å²) in [5, 5.41) is 0. The van der Waals surface area contributed by atoms with Crippen molar-refractivity contribution < 1.29 is 25.5 Å². The third-order valence-corrected chi connectivity index (χ3v) is 2.10. The molecule has 0 N–H and O–H groups in total. The van der Waals surface area contributed by atoms with Crippen LogP contribution in [0.5, 0.6) is 0 Å². The van der Waals surface area contributed by atoms with Crippen LogP contribution >= 0.6 is 15.9 Å². The standard InChI is InChI=1S/C2H2BrF3NO2S/c3-1-7(10(8)9)2(4,5)6/h1H2/q+1. The molecule has 8 heteroatoms. The molecule has 0 aliphatic carbocycles. The van der Waals surface area contributed by atoms with Gasteiger partial charge in [0.2, 0.25) is 5.45 Å². The summed E-state index contributed by atoms with van der Waals surface area (Å²) < 4.78 is 53.2. The Morgan fingerprint density at radius 2 is 1.80 bits per heavy atom. The van der Waals surface area contributed by atoms with Gasteiger partial charge in [0.15, 0.2) is 0 Å². The normalized spacial score (nSPS) is 11.2. The van der Waals surface area contributed by atoms with Gasteiger partial charge in [-0.15, -0.1) is 21.6 Å². The molecule has 10 heavy (non-hydrogen) atoms. The molecule has 0 aromatic heterocycles. The molecule has 0 saturated carbocycles. The minimum atomic E-state index is -4.84. The van der Waals surface area contributed by atoms with Crippen LogP contribution in [0.4, 0.5) is 13.2 Å². The van der Waals surface area contributed by atoms with Crippen molar-refractivity contribution in [1.29, 1.82) is 0 Å². The first-order valence-electron chi connectivity index (χ1n) is 1.89.